The molecule has 2 aliphatic heterocycles. The van der Waals surface area contributed by atoms with Crippen molar-refractivity contribution >= 4 is 86.6 Å². The first-order chi connectivity index (χ1) is 22.8. The minimum Gasteiger partial charge on any atom is -0.480 e. The number of benzene rings is 1. The van der Waals surface area contributed by atoms with Gasteiger partial charge in [0.05, 0.1) is 4.47 Å². The number of nitrogens with one attached hydrogen (secondary N) is 1. The number of aliphatic carboxylic acids is 1. The van der Waals surface area contributed by atoms with E-state index in [-0.39, 0.29) is 15.5 Å². The molecule has 0 bridgehead atoms. The highest BCUT2D eigenvalue weighted by Gasteiger charge is 2.32. The smallest absolute Gasteiger partial charge is 0.322 e. The zero-order valence-electron chi connectivity index (χ0n) is 26.2. The molecular weight excluding hydrogens is 828 g/mol. The van der Waals surface area contributed by atoms with E-state index in [1.165, 1.54) is 12.3 Å². The number of unbranched alkanes of at least 4 members (excludes halogenated alkanes) is 1. The number of hydrogen-bond acceptors (Lipinski definition) is 8. The Hall–Kier alpha value is -1.59. The largest absolute Gasteiger partial charge is 0.480 e. The van der Waals surface area contributed by atoms with Crippen LogP contribution >= 0.6 is 54.8 Å². The fourth-order valence-electron chi connectivity index (χ4n) is 6.40. The second-order valence-corrected chi connectivity index (χ2v) is 19.7. The van der Waals surface area contributed by atoms with E-state index in [9.17, 15) is 26.7 Å². The molecule has 16 heteroatoms. The number of sulfonamides is 2. The SMILES string of the molecule is O=C(O)[C@H](Cc1ccccc1)NS(=O)(=O)c1cnc(N2CCC(CCCCC3CCN(S(=O)(=O)c4cc(Br)c(Cl)s4)CC3)CC2)c(Br)c1. The van der Waals surface area contributed by atoms with Gasteiger partial charge in [0.15, 0.2) is 0 Å². The summed E-state index contributed by atoms with van der Waals surface area (Å²) in [5, 5.41) is 9.65. The van der Waals surface area contributed by atoms with Gasteiger partial charge in [-0.1, -0.05) is 67.6 Å². The number of piperidine rings is 2. The molecule has 2 saturated heterocycles. The molecule has 0 amide bonds. The number of rotatable bonds is 14. The van der Waals surface area contributed by atoms with Crippen molar-refractivity contribution in [3.05, 3.63) is 67.5 Å². The Morgan fingerprint density at radius 1 is 0.958 bits per heavy atom. The van der Waals surface area contributed by atoms with Gasteiger partial charge in [-0.2, -0.15) is 9.03 Å². The second-order valence-electron chi connectivity index (χ2n) is 12.4. The van der Waals surface area contributed by atoms with Crippen molar-refractivity contribution in [3.8, 4) is 0 Å². The Morgan fingerprint density at radius 2 is 1.56 bits per heavy atom. The number of anilines is 1. The Bertz CT molecular complexity index is 1760. The third kappa shape index (κ3) is 9.59. The third-order valence-corrected chi connectivity index (χ3v) is 16.0. The fraction of sp³-hybridized carbons (Fsp3) is 0.500. The minimum absolute atomic E-state index is 0.0219. The van der Waals surface area contributed by atoms with E-state index in [0.29, 0.717) is 49.6 Å². The molecule has 3 aromatic rings. The molecule has 1 aromatic carbocycles. The monoisotopic (exact) mass is 864 g/mol. The average Bonchev–Trinajstić information content (AvgIpc) is 3.42. The predicted octanol–water partition coefficient (Wildman–Crippen LogP) is 7.17. The number of nitrogens with zero attached hydrogens (tertiary/aromatic N) is 3. The third-order valence-electron chi connectivity index (χ3n) is 9.16. The van der Waals surface area contributed by atoms with Gasteiger partial charge < -0.3 is 10.0 Å². The van der Waals surface area contributed by atoms with Gasteiger partial charge in [0.2, 0.25) is 10.0 Å². The van der Waals surface area contributed by atoms with E-state index in [2.05, 4.69) is 46.5 Å². The average molecular weight is 867 g/mol. The van der Waals surface area contributed by atoms with E-state index >= 15 is 0 Å². The maximum Gasteiger partial charge on any atom is 0.322 e. The molecule has 2 aliphatic rings. The van der Waals surface area contributed by atoms with E-state index < -0.39 is 32.1 Å². The number of carboxylic acids is 1. The lowest BCUT2D eigenvalue weighted by molar-refractivity contribution is -0.138. The van der Waals surface area contributed by atoms with Gasteiger partial charge in [-0.25, -0.2) is 21.8 Å². The van der Waals surface area contributed by atoms with Crippen molar-refractivity contribution in [1.82, 2.24) is 14.0 Å². The van der Waals surface area contributed by atoms with Crippen molar-refractivity contribution in [3.63, 3.8) is 0 Å². The maximum absolute atomic E-state index is 13.1. The summed E-state index contributed by atoms with van der Waals surface area (Å²) < 4.78 is 57.9. The van der Waals surface area contributed by atoms with Gasteiger partial charge in [0, 0.05) is 36.8 Å². The first kappa shape index (κ1) is 37.7. The van der Waals surface area contributed by atoms with Crippen LogP contribution in [-0.2, 0) is 31.3 Å². The molecule has 4 heterocycles. The predicted molar refractivity (Wildman–Crippen MR) is 196 cm³/mol. The van der Waals surface area contributed by atoms with Crippen LogP contribution in [0.1, 0.15) is 56.9 Å². The van der Waals surface area contributed by atoms with Crippen LogP contribution in [0.2, 0.25) is 4.34 Å². The van der Waals surface area contributed by atoms with Crippen LogP contribution in [0.4, 0.5) is 5.82 Å². The molecule has 5 rings (SSSR count). The number of aromatic nitrogens is 1. The van der Waals surface area contributed by atoms with Gasteiger partial charge in [-0.05, 0) is 93.5 Å². The standard InChI is InChI=1S/C32H39Br2ClN4O6S3/c33-26-20-29(46-30(26)35)48(44,45)39-16-12-23(13-17-39)7-5-4-6-22-10-14-38(15-11-22)31-27(34)19-25(21-36-31)47(42,43)37-28(32(40)41)18-24-8-2-1-3-9-24/h1-3,8-9,19-23,28,37H,4-7,10-18H2,(H,40,41)/t28-/m0/s1. The molecule has 2 fully saturated rings. The number of halogens is 3. The normalized spacial score (nSPS) is 17.9. The topological polar surface area (TPSA) is 137 Å². The molecule has 0 radical (unpaired) electrons. The molecule has 2 aromatic heterocycles. The van der Waals surface area contributed by atoms with Gasteiger partial charge in [0.25, 0.3) is 10.0 Å². The molecule has 1 atom stereocenters. The quantitative estimate of drug-likeness (QED) is 0.163. The summed E-state index contributed by atoms with van der Waals surface area (Å²) in [5.74, 6) is 0.582. The molecule has 10 nitrogen and oxygen atoms in total. The Kier molecular flexibility index (Phi) is 13.0. The summed E-state index contributed by atoms with van der Waals surface area (Å²) in [6.45, 7) is 2.72. The van der Waals surface area contributed by atoms with Gasteiger partial charge in [0.1, 0.15) is 25.3 Å². The van der Waals surface area contributed by atoms with Crippen molar-refractivity contribution in [2.75, 3.05) is 31.1 Å². The summed E-state index contributed by atoms with van der Waals surface area (Å²) in [7, 11) is -7.63. The summed E-state index contributed by atoms with van der Waals surface area (Å²) in [4.78, 5) is 18.4. The zero-order valence-corrected chi connectivity index (χ0v) is 32.6. The van der Waals surface area contributed by atoms with Crippen LogP contribution < -0.4 is 9.62 Å². The number of hydrogen-bond donors (Lipinski definition) is 2. The van der Waals surface area contributed by atoms with Crippen LogP contribution in [-0.4, -0.2) is 69.4 Å². The van der Waals surface area contributed by atoms with Crippen LogP contribution in [0.25, 0.3) is 0 Å². The maximum atomic E-state index is 13.1. The molecule has 48 heavy (non-hydrogen) atoms. The van der Waals surface area contributed by atoms with Crippen LogP contribution in [0.5, 0.6) is 0 Å². The molecular formula is C32H39Br2ClN4O6S3. The summed E-state index contributed by atoms with van der Waals surface area (Å²) >= 11 is 14.0. The lowest BCUT2D eigenvalue weighted by Gasteiger charge is -2.33. The highest BCUT2D eigenvalue weighted by Crippen LogP contribution is 2.37. The molecule has 0 spiro atoms. The number of pyridine rings is 1. The van der Waals surface area contributed by atoms with Crippen LogP contribution in [0.15, 0.2) is 66.7 Å². The van der Waals surface area contributed by atoms with Crippen molar-refractivity contribution < 1.29 is 26.7 Å². The van der Waals surface area contributed by atoms with E-state index in [0.717, 1.165) is 75.8 Å². The minimum atomic E-state index is -4.12. The van der Waals surface area contributed by atoms with Gasteiger partial charge in [-0.3, -0.25) is 4.79 Å². The van der Waals surface area contributed by atoms with E-state index in [1.54, 1.807) is 34.6 Å². The molecule has 262 valence electrons. The highest BCUT2D eigenvalue weighted by molar-refractivity contribution is 9.11. The summed E-state index contributed by atoms with van der Waals surface area (Å²) in [6.07, 6.45) is 9.66. The van der Waals surface area contributed by atoms with Crippen molar-refractivity contribution in [2.45, 2.75) is 72.9 Å². The molecule has 0 aliphatic carbocycles. The Balaban J connectivity index is 1.03. The number of thiophene rings is 1. The van der Waals surface area contributed by atoms with Crippen LogP contribution in [0, 0.1) is 11.8 Å². The zero-order chi connectivity index (χ0) is 34.5. The fourth-order valence-corrected chi connectivity index (χ4v) is 12.2. The lowest BCUT2D eigenvalue weighted by Crippen LogP contribution is -2.42. The molecule has 2 N–H and O–H groups in total. The molecule has 0 unspecified atom stereocenters. The van der Waals surface area contributed by atoms with Crippen LogP contribution in [0.3, 0.4) is 0 Å². The van der Waals surface area contributed by atoms with Gasteiger partial charge >= 0.3 is 5.97 Å². The first-order valence-electron chi connectivity index (χ1n) is 16.0. The second kappa shape index (κ2) is 16.6. The lowest BCUT2D eigenvalue weighted by atomic mass is 9.88. The van der Waals surface area contributed by atoms with Crippen molar-refractivity contribution in [1.29, 1.82) is 0 Å². The van der Waals surface area contributed by atoms with Crippen molar-refractivity contribution in [2.24, 2.45) is 11.8 Å². The summed E-state index contributed by atoms with van der Waals surface area (Å²) in [6, 6.07) is 10.6. The number of carboxylic acid groups (broad SMARTS) is 1. The first-order valence-corrected chi connectivity index (χ1v) is 21.7. The molecule has 0 saturated carbocycles. The highest BCUT2D eigenvalue weighted by atomic mass is 79.9. The Labute approximate surface area is 308 Å². The van der Waals surface area contributed by atoms with E-state index in [4.69, 9.17) is 11.6 Å². The summed E-state index contributed by atoms with van der Waals surface area (Å²) in [5.41, 5.74) is 0.715. The Morgan fingerprint density at radius 3 is 2.10 bits per heavy atom. The van der Waals surface area contributed by atoms with Gasteiger partial charge in [-0.15, -0.1) is 11.3 Å². The number of carbonyl (C=O) groups is 1. The van der Waals surface area contributed by atoms with E-state index in [1.807, 2.05) is 6.07 Å².